The van der Waals surface area contributed by atoms with E-state index in [-0.39, 0.29) is 5.41 Å². The molecule has 4 rings (SSSR count). The van der Waals surface area contributed by atoms with Crippen molar-refractivity contribution in [2.45, 2.75) is 45.4 Å². The van der Waals surface area contributed by atoms with Crippen molar-refractivity contribution in [1.29, 1.82) is 0 Å². The predicted octanol–water partition coefficient (Wildman–Crippen LogP) is 6.31. The van der Waals surface area contributed by atoms with E-state index in [0.29, 0.717) is 5.92 Å². The molecular formula is C23H28. The minimum atomic E-state index is 0.0838. The summed E-state index contributed by atoms with van der Waals surface area (Å²) in [6.07, 6.45) is 31.9. The Hall–Kier alpha value is -1.56. The van der Waals surface area contributed by atoms with E-state index in [0.717, 1.165) is 11.8 Å². The van der Waals surface area contributed by atoms with Crippen LogP contribution in [0.1, 0.15) is 45.4 Å². The van der Waals surface area contributed by atoms with Gasteiger partial charge in [-0.25, -0.2) is 0 Å². The molecule has 1 fully saturated rings. The zero-order chi connectivity index (χ0) is 15.7. The summed E-state index contributed by atoms with van der Waals surface area (Å²) < 4.78 is 0. The standard InChI is InChI=1S/C23H28/c1-2-15-23(20-9-5-3-6-10-20,21-11-7-4-8-12-21)22-14-13-18-16-19(18)17-22/h2-3,5,7,11-15,17-20H,4,6,8-10,16H2,1H3/b15-2+. The van der Waals surface area contributed by atoms with Gasteiger partial charge in [0.15, 0.2) is 0 Å². The molecule has 23 heavy (non-hydrogen) atoms. The molecule has 0 spiro atoms. The summed E-state index contributed by atoms with van der Waals surface area (Å²) in [5, 5.41) is 0. The highest BCUT2D eigenvalue weighted by Crippen LogP contribution is 2.55. The third-order valence-corrected chi connectivity index (χ3v) is 6.10. The normalized spacial score (nSPS) is 34.7. The lowest BCUT2D eigenvalue weighted by Gasteiger charge is -2.43. The second-order valence-corrected chi connectivity index (χ2v) is 7.53. The largest absolute Gasteiger partial charge is 0.0904 e. The summed E-state index contributed by atoms with van der Waals surface area (Å²) in [5.74, 6) is 2.33. The minimum absolute atomic E-state index is 0.0838. The number of allylic oxidation sites excluding steroid dienone is 12. The van der Waals surface area contributed by atoms with Gasteiger partial charge in [-0.15, -0.1) is 0 Å². The molecule has 0 heterocycles. The van der Waals surface area contributed by atoms with Gasteiger partial charge in [-0.3, -0.25) is 0 Å². The van der Waals surface area contributed by atoms with Crippen LogP contribution in [0.2, 0.25) is 0 Å². The van der Waals surface area contributed by atoms with E-state index in [2.05, 4.69) is 67.7 Å². The third-order valence-electron chi connectivity index (χ3n) is 6.10. The summed E-state index contributed by atoms with van der Waals surface area (Å²) in [5.41, 5.74) is 3.19. The Morgan fingerprint density at radius 2 is 1.96 bits per heavy atom. The Morgan fingerprint density at radius 3 is 2.65 bits per heavy atom. The van der Waals surface area contributed by atoms with E-state index < -0.39 is 0 Å². The second kappa shape index (κ2) is 6.15. The van der Waals surface area contributed by atoms with Gasteiger partial charge in [-0.2, -0.15) is 0 Å². The number of hydrogen-bond acceptors (Lipinski definition) is 0. The van der Waals surface area contributed by atoms with Gasteiger partial charge in [0.25, 0.3) is 0 Å². The molecule has 0 amide bonds. The van der Waals surface area contributed by atoms with Crippen LogP contribution in [0.15, 0.2) is 71.9 Å². The van der Waals surface area contributed by atoms with Crippen LogP contribution in [0.5, 0.6) is 0 Å². The zero-order valence-electron chi connectivity index (χ0n) is 14.2. The maximum atomic E-state index is 2.60. The van der Waals surface area contributed by atoms with Gasteiger partial charge in [0.05, 0.1) is 0 Å². The molecule has 0 nitrogen and oxygen atoms in total. The molecule has 4 unspecified atom stereocenters. The minimum Gasteiger partial charge on any atom is -0.0904 e. The zero-order valence-corrected chi connectivity index (χ0v) is 14.2. The first-order valence-electron chi connectivity index (χ1n) is 9.41. The van der Waals surface area contributed by atoms with Crippen LogP contribution in [0.3, 0.4) is 0 Å². The smallest absolute Gasteiger partial charge is 0.0406 e. The van der Waals surface area contributed by atoms with Crippen molar-refractivity contribution >= 4 is 0 Å². The number of rotatable bonds is 4. The van der Waals surface area contributed by atoms with E-state index in [1.165, 1.54) is 44.1 Å². The van der Waals surface area contributed by atoms with E-state index >= 15 is 0 Å². The van der Waals surface area contributed by atoms with Crippen molar-refractivity contribution in [2.24, 2.45) is 23.2 Å². The monoisotopic (exact) mass is 304 g/mol. The van der Waals surface area contributed by atoms with Crippen molar-refractivity contribution in [1.82, 2.24) is 0 Å². The van der Waals surface area contributed by atoms with Crippen LogP contribution >= 0.6 is 0 Å². The van der Waals surface area contributed by atoms with Crippen LogP contribution in [0, 0.1) is 23.2 Å². The van der Waals surface area contributed by atoms with E-state index in [9.17, 15) is 0 Å². The van der Waals surface area contributed by atoms with Crippen LogP contribution in [0.4, 0.5) is 0 Å². The highest BCUT2D eigenvalue weighted by atomic mass is 14.5. The van der Waals surface area contributed by atoms with E-state index in [1.807, 2.05) is 0 Å². The van der Waals surface area contributed by atoms with E-state index in [4.69, 9.17) is 0 Å². The summed E-state index contributed by atoms with van der Waals surface area (Å²) in [4.78, 5) is 0. The molecule has 0 aromatic carbocycles. The maximum absolute atomic E-state index is 2.60. The molecule has 4 aliphatic rings. The van der Waals surface area contributed by atoms with Gasteiger partial charge in [-0.05, 0) is 74.3 Å². The molecule has 0 heteroatoms. The molecule has 0 saturated heterocycles. The number of hydrogen-bond donors (Lipinski definition) is 0. The van der Waals surface area contributed by atoms with Crippen molar-refractivity contribution in [3.63, 3.8) is 0 Å². The molecule has 120 valence electrons. The van der Waals surface area contributed by atoms with Gasteiger partial charge in [0.2, 0.25) is 0 Å². The van der Waals surface area contributed by atoms with E-state index in [1.54, 1.807) is 5.57 Å². The maximum Gasteiger partial charge on any atom is 0.0406 e. The summed E-state index contributed by atoms with van der Waals surface area (Å²) >= 11 is 0. The third kappa shape index (κ3) is 2.63. The summed E-state index contributed by atoms with van der Waals surface area (Å²) in [7, 11) is 0. The Morgan fingerprint density at radius 1 is 1.00 bits per heavy atom. The lowest BCUT2D eigenvalue weighted by Crippen LogP contribution is -2.34. The topological polar surface area (TPSA) is 0 Å². The van der Waals surface area contributed by atoms with Crippen molar-refractivity contribution in [3.05, 3.63) is 71.9 Å². The fourth-order valence-electron chi connectivity index (χ4n) is 4.79. The van der Waals surface area contributed by atoms with Crippen molar-refractivity contribution in [3.8, 4) is 0 Å². The Balaban J connectivity index is 1.83. The molecular weight excluding hydrogens is 276 g/mol. The van der Waals surface area contributed by atoms with Crippen LogP contribution in [0.25, 0.3) is 0 Å². The van der Waals surface area contributed by atoms with Gasteiger partial charge < -0.3 is 0 Å². The Labute approximate surface area is 141 Å². The van der Waals surface area contributed by atoms with Crippen molar-refractivity contribution < 1.29 is 0 Å². The summed E-state index contributed by atoms with van der Waals surface area (Å²) in [6, 6.07) is 0. The fourth-order valence-corrected chi connectivity index (χ4v) is 4.79. The Kier molecular flexibility index (Phi) is 4.01. The van der Waals surface area contributed by atoms with Crippen LogP contribution in [-0.2, 0) is 0 Å². The first-order valence-corrected chi connectivity index (χ1v) is 9.41. The summed E-state index contributed by atoms with van der Waals surface area (Å²) in [6.45, 7) is 2.19. The lowest BCUT2D eigenvalue weighted by atomic mass is 9.60. The van der Waals surface area contributed by atoms with Gasteiger partial charge in [-0.1, -0.05) is 60.8 Å². The molecule has 0 aliphatic heterocycles. The average molecular weight is 304 g/mol. The molecule has 4 atom stereocenters. The molecule has 1 saturated carbocycles. The van der Waals surface area contributed by atoms with Crippen molar-refractivity contribution in [2.75, 3.05) is 0 Å². The predicted molar refractivity (Wildman–Crippen MR) is 99.0 cm³/mol. The average Bonchev–Trinajstić information content (AvgIpc) is 3.40. The molecule has 0 N–H and O–H groups in total. The Bertz CT molecular complexity index is 637. The number of fused-ring (bicyclic) bond motifs is 1. The quantitative estimate of drug-likeness (QED) is 0.533. The molecule has 0 aromatic heterocycles. The lowest BCUT2D eigenvalue weighted by molar-refractivity contribution is 0.310. The van der Waals surface area contributed by atoms with Crippen LogP contribution < -0.4 is 0 Å². The molecule has 0 aromatic rings. The van der Waals surface area contributed by atoms with Crippen LogP contribution in [-0.4, -0.2) is 0 Å². The molecule has 0 bridgehead atoms. The SMILES string of the molecule is C/C=C/C(C1=CCCC=C1)(C1=CC2CC2C=C1)C1CC=CCC1. The molecule has 0 radical (unpaired) electrons. The fraction of sp³-hybridized carbons (Fsp3) is 0.478. The van der Waals surface area contributed by atoms with Gasteiger partial charge in [0.1, 0.15) is 0 Å². The highest BCUT2D eigenvalue weighted by molar-refractivity contribution is 5.50. The second-order valence-electron chi connectivity index (χ2n) is 7.53. The first-order chi connectivity index (χ1) is 11.3. The van der Waals surface area contributed by atoms with Gasteiger partial charge >= 0.3 is 0 Å². The first kappa shape index (κ1) is 15.0. The molecule has 4 aliphatic carbocycles. The van der Waals surface area contributed by atoms with Gasteiger partial charge in [0, 0.05) is 5.41 Å². The highest BCUT2D eigenvalue weighted by Gasteiger charge is 2.45.